The van der Waals surface area contributed by atoms with Gasteiger partial charge in [-0.3, -0.25) is 4.79 Å². The van der Waals surface area contributed by atoms with Gasteiger partial charge in [0.2, 0.25) is 5.91 Å². The molecule has 2 aliphatic rings. The van der Waals surface area contributed by atoms with Crippen molar-refractivity contribution in [2.45, 2.75) is 51.2 Å². The van der Waals surface area contributed by atoms with Crippen LogP contribution >= 0.6 is 23.2 Å². The van der Waals surface area contributed by atoms with Gasteiger partial charge in [0.25, 0.3) is 0 Å². The van der Waals surface area contributed by atoms with Crippen LogP contribution in [0, 0.1) is 0 Å². The highest BCUT2D eigenvalue weighted by atomic mass is 35.5. The van der Waals surface area contributed by atoms with Gasteiger partial charge in [0, 0.05) is 41.4 Å². The van der Waals surface area contributed by atoms with E-state index < -0.39 is 0 Å². The number of anilines is 1. The molecule has 0 saturated carbocycles. The van der Waals surface area contributed by atoms with E-state index in [1.807, 2.05) is 18.5 Å². The van der Waals surface area contributed by atoms with Gasteiger partial charge in [0.05, 0.1) is 29.4 Å². The van der Waals surface area contributed by atoms with Crippen LogP contribution in [0.25, 0.3) is 11.0 Å². The molecule has 3 aromatic rings. The van der Waals surface area contributed by atoms with Crippen molar-refractivity contribution in [3.05, 3.63) is 58.3 Å². The summed E-state index contributed by atoms with van der Waals surface area (Å²) in [6.45, 7) is 7.66. The van der Waals surface area contributed by atoms with Crippen LogP contribution in [0.1, 0.15) is 44.7 Å². The fraction of sp³-hybridized carbons (Fsp3) is 0.462. The van der Waals surface area contributed by atoms with Crippen molar-refractivity contribution in [1.82, 2.24) is 19.8 Å². The Morgan fingerprint density at radius 1 is 1.21 bits per heavy atom. The average Bonchev–Trinajstić information content (AvgIpc) is 3.53. The Labute approximate surface area is 210 Å². The Balaban J connectivity index is 1.39. The average molecular weight is 500 g/mol. The van der Waals surface area contributed by atoms with E-state index in [1.165, 1.54) is 0 Å². The summed E-state index contributed by atoms with van der Waals surface area (Å²) < 4.78 is 2.16. The van der Waals surface area contributed by atoms with E-state index in [0.29, 0.717) is 10.0 Å². The molecule has 0 bridgehead atoms. The van der Waals surface area contributed by atoms with Gasteiger partial charge in [-0.25, -0.2) is 4.98 Å². The third kappa shape index (κ3) is 4.39. The van der Waals surface area contributed by atoms with E-state index >= 15 is 0 Å². The fourth-order valence-corrected chi connectivity index (χ4v) is 5.90. The van der Waals surface area contributed by atoms with Crippen molar-refractivity contribution >= 4 is 45.8 Å². The van der Waals surface area contributed by atoms with Crippen molar-refractivity contribution in [1.29, 1.82) is 0 Å². The van der Waals surface area contributed by atoms with Gasteiger partial charge in [-0.05, 0) is 68.6 Å². The van der Waals surface area contributed by atoms with E-state index in [1.54, 1.807) is 6.07 Å². The first kappa shape index (κ1) is 23.5. The Morgan fingerprint density at radius 2 is 2.06 bits per heavy atom. The van der Waals surface area contributed by atoms with Crippen molar-refractivity contribution in [3.63, 3.8) is 0 Å². The maximum absolute atomic E-state index is 13.1. The smallest absolute Gasteiger partial charge is 0.240 e. The van der Waals surface area contributed by atoms with Gasteiger partial charge >= 0.3 is 0 Å². The van der Waals surface area contributed by atoms with Crippen LogP contribution in [0.2, 0.25) is 10.0 Å². The highest BCUT2D eigenvalue weighted by Crippen LogP contribution is 2.32. The molecule has 2 aromatic carbocycles. The van der Waals surface area contributed by atoms with Crippen molar-refractivity contribution in [2.24, 2.45) is 0 Å². The minimum atomic E-state index is -0.00696. The summed E-state index contributed by atoms with van der Waals surface area (Å²) in [5.41, 5.74) is 4.19. The van der Waals surface area contributed by atoms with Gasteiger partial charge in [0.15, 0.2) is 0 Å². The second-order valence-electron chi connectivity index (χ2n) is 9.36. The lowest BCUT2D eigenvalue weighted by molar-refractivity contribution is -0.136. The number of fused-ring (bicyclic) bond motifs is 1. The lowest BCUT2D eigenvalue weighted by Gasteiger charge is -2.43. The van der Waals surface area contributed by atoms with Gasteiger partial charge < -0.3 is 19.7 Å². The summed E-state index contributed by atoms with van der Waals surface area (Å²) in [7, 11) is 0. The summed E-state index contributed by atoms with van der Waals surface area (Å²) in [4.78, 5) is 22.2. The maximum Gasteiger partial charge on any atom is 0.240 e. The van der Waals surface area contributed by atoms with E-state index in [4.69, 9.17) is 23.2 Å². The van der Waals surface area contributed by atoms with Crippen LogP contribution in [-0.2, 0) is 4.79 Å². The predicted octanol–water partition coefficient (Wildman–Crippen LogP) is 5.13. The number of piperazine rings is 1. The highest BCUT2D eigenvalue weighted by Gasteiger charge is 2.34. The lowest BCUT2D eigenvalue weighted by Crippen LogP contribution is -2.58. The minimum absolute atomic E-state index is 0.00696. The molecule has 8 heteroatoms. The molecular weight excluding hydrogens is 469 g/mol. The number of carbonyl (C=O) groups is 1. The molecule has 0 spiro atoms. The van der Waals surface area contributed by atoms with Crippen molar-refractivity contribution in [2.75, 3.05) is 31.1 Å². The zero-order chi connectivity index (χ0) is 23.8. The normalized spacial score (nSPS) is 21.9. The third-order valence-electron chi connectivity index (χ3n) is 7.35. The van der Waals surface area contributed by atoms with Crippen LogP contribution in [0.3, 0.4) is 0 Å². The molecule has 3 atom stereocenters. The SMILES string of the molecule is CCC1CN(c2ccc3ncn(C(C)c4ccc(Cl)cc4Cl)c3c2)CCN1C(=O)C1CCCN1. The Bertz CT molecular complexity index is 1190. The number of nitrogens with one attached hydrogen (secondary N) is 1. The molecule has 3 unspecified atom stereocenters. The largest absolute Gasteiger partial charge is 0.368 e. The number of benzene rings is 2. The molecule has 1 N–H and O–H groups in total. The van der Waals surface area contributed by atoms with Crippen molar-refractivity contribution in [3.8, 4) is 0 Å². The van der Waals surface area contributed by atoms with E-state index in [9.17, 15) is 4.79 Å². The molecule has 6 nitrogen and oxygen atoms in total. The first-order valence-corrected chi connectivity index (χ1v) is 12.9. The van der Waals surface area contributed by atoms with Crippen LogP contribution in [0.4, 0.5) is 5.69 Å². The summed E-state index contributed by atoms with van der Waals surface area (Å²) in [6, 6.07) is 12.3. The number of rotatable bonds is 5. The van der Waals surface area contributed by atoms with Gasteiger partial charge in [-0.15, -0.1) is 0 Å². The van der Waals surface area contributed by atoms with Crippen LogP contribution in [-0.4, -0.2) is 58.6 Å². The minimum Gasteiger partial charge on any atom is -0.368 e. The molecule has 2 aliphatic heterocycles. The first-order chi connectivity index (χ1) is 16.5. The Kier molecular flexibility index (Phi) is 6.74. The fourth-order valence-electron chi connectivity index (χ4n) is 5.33. The molecule has 34 heavy (non-hydrogen) atoms. The van der Waals surface area contributed by atoms with Crippen LogP contribution in [0.5, 0.6) is 0 Å². The lowest BCUT2D eigenvalue weighted by atomic mass is 10.1. The number of imidazole rings is 1. The van der Waals surface area contributed by atoms with Gasteiger partial charge in [0.1, 0.15) is 0 Å². The molecule has 1 amide bonds. The second kappa shape index (κ2) is 9.76. The molecule has 1 aromatic heterocycles. The van der Waals surface area contributed by atoms with E-state index in [0.717, 1.165) is 67.7 Å². The predicted molar refractivity (Wildman–Crippen MR) is 139 cm³/mol. The molecule has 2 fully saturated rings. The molecule has 0 aliphatic carbocycles. The molecular formula is C26H31Cl2N5O. The highest BCUT2D eigenvalue weighted by molar-refractivity contribution is 6.35. The van der Waals surface area contributed by atoms with Gasteiger partial charge in [-0.2, -0.15) is 0 Å². The molecule has 3 heterocycles. The molecule has 2 saturated heterocycles. The van der Waals surface area contributed by atoms with Gasteiger partial charge in [-0.1, -0.05) is 36.2 Å². The number of hydrogen-bond acceptors (Lipinski definition) is 4. The number of halogens is 2. The zero-order valence-corrected chi connectivity index (χ0v) is 21.2. The number of carbonyl (C=O) groups excluding carboxylic acids is 1. The summed E-state index contributed by atoms with van der Waals surface area (Å²) in [6.07, 6.45) is 4.86. The quantitative estimate of drug-likeness (QED) is 0.528. The van der Waals surface area contributed by atoms with Crippen LogP contribution < -0.4 is 10.2 Å². The number of amides is 1. The molecule has 5 rings (SSSR count). The number of nitrogens with zero attached hydrogens (tertiary/aromatic N) is 4. The topological polar surface area (TPSA) is 53.4 Å². The zero-order valence-electron chi connectivity index (χ0n) is 19.7. The monoisotopic (exact) mass is 499 g/mol. The number of hydrogen-bond donors (Lipinski definition) is 1. The van der Waals surface area contributed by atoms with E-state index in [2.05, 4.69) is 56.7 Å². The summed E-state index contributed by atoms with van der Waals surface area (Å²) >= 11 is 12.6. The molecule has 180 valence electrons. The van der Waals surface area contributed by atoms with E-state index in [-0.39, 0.29) is 24.0 Å². The standard InChI is InChI=1S/C26H31Cl2N5O/c1-3-19-15-31(11-12-32(19)26(34)24-5-4-10-29-24)20-7-9-23-25(14-20)33(16-30-23)17(2)21-8-6-18(27)13-22(21)28/h6-9,13-14,16-17,19,24,29H,3-5,10-12,15H2,1-2H3. The van der Waals surface area contributed by atoms with Crippen LogP contribution in [0.15, 0.2) is 42.7 Å². The maximum atomic E-state index is 13.1. The Hall–Kier alpha value is -2.28. The summed E-state index contributed by atoms with van der Waals surface area (Å²) in [5.74, 6) is 0.270. The molecule has 0 radical (unpaired) electrons. The number of aromatic nitrogens is 2. The third-order valence-corrected chi connectivity index (χ3v) is 7.91. The van der Waals surface area contributed by atoms with Crippen molar-refractivity contribution < 1.29 is 4.79 Å². The summed E-state index contributed by atoms with van der Waals surface area (Å²) in [5, 5.41) is 4.65. The second-order valence-corrected chi connectivity index (χ2v) is 10.2. The first-order valence-electron chi connectivity index (χ1n) is 12.2. The Morgan fingerprint density at radius 3 is 2.79 bits per heavy atom.